The van der Waals surface area contributed by atoms with Gasteiger partial charge in [-0.25, -0.2) is 0 Å². The summed E-state index contributed by atoms with van der Waals surface area (Å²) in [6, 6.07) is 13.4. The molecule has 20 heavy (non-hydrogen) atoms. The Morgan fingerprint density at radius 3 is 2.35 bits per heavy atom. The molecule has 1 atom stereocenters. The van der Waals surface area contributed by atoms with Gasteiger partial charge in [0.05, 0.1) is 22.2 Å². The largest absolute Gasteiger partial charge is 0.394 e. The van der Waals surface area contributed by atoms with Crippen molar-refractivity contribution < 1.29 is 5.11 Å². The third-order valence-corrected chi connectivity index (χ3v) is 4.15. The molecule has 0 fully saturated rings. The van der Waals surface area contributed by atoms with E-state index in [1.165, 1.54) is 5.56 Å². The second-order valence-corrected chi connectivity index (χ2v) is 5.87. The summed E-state index contributed by atoms with van der Waals surface area (Å²) in [6.45, 7) is 3.83. The predicted octanol–water partition coefficient (Wildman–Crippen LogP) is 4.62. The normalized spacial score (nSPS) is 13.8. The van der Waals surface area contributed by atoms with Crippen LogP contribution in [0.15, 0.2) is 42.5 Å². The van der Waals surface area contributed by atoms with E-state index in [9.17, 15) is 5.11 Å². The Hall–Kier alpha value is -1.22. The summed E-state index contributed by atoms with van der Waals surface area (Å²) in [4.78, 5) is 0. The van der Waals surface area contributed by atoms with E-state index in [0.29, 0.717) is 10.0 Å². The third-order valence-electron chi connectivity index (χ3n) is 3.33. The average molecular weight is 310 g/mol. The van der Waals surface area contributed by atoms with Crippen LogP contribution in [0, 0.1) is 6.92 Å². The number of aryl methyl sites for hydroxylation is 1. The lowest BCUT2D eigenvalue weighted by Gasteiger charge is -2.31. The number of halogens is 2. The third kappa shape index (κ3) is 3.09. The molecule has 0 aromatic heterocycles. The number of hydrogen-bond acceptors (Lipinski definition) is 2. The first-order valence-corrected chi connectivity index (χ1v) is 7.12. The van der Waals surface area contributed by atoms with E-state index in [1.54, 1.807) is 6.07 Å². The SMILES string of the molecule is Cc1ccc(NC(C)(CO)c2cccc(Cl)c2Cl)cc1. The van der Waals surface area contributed by atoms with Crippen LogP contribution < -0.4 is 5.32 Å². The highest BCUT2D eigenvalue weighted by Crippen LogP contribution is 2.35. The highest BCUT2D eigenvalue weighted by Gasteiger charge is 2.28. The van der Waals surface area contributed by atoms with Crippen molar-refractivity contribution in [1.29, 1.82) is 0 Å². The molecule has 0 saturated heterocycles. The second-order valence-electron chi connectivity index (χ2n) is 5.08. The van der Waals surface area contributed by atoms with E-state index in [-0.39, 0.29) is 6.61 Å². The molecule has 0 heterocycles. The summed E-state index contributed by atoms with van der Waals surface area (Å²) in [5.74, 6) is 0. The monoisotopic (exact) mass is 309 g/mol. The first kappa shape index (κ1) is 15.2. The fourth-order valence-electron chi connectivity index (χ4n) is 2.08. The minimum Gasteiger partial charge on any atom is -0.394 e. The average Bonchev–Trinajstić information content (AvgIpc) is 2.44. The van der Waals surface area contributed by atoms with Crippen LogP contribution in [0.3, 0.4) is 0 Å². The fourth-order valence-corrected chi connectivity index (χ4v) is 2.59. The van der Waals surface area contributed by atoms with Crippen LogP contribution in [0.4, 0.5) is 5.69 Å². The molecule has 0 spiro atoms. The van der Waals surface area contributed by atoms with Crippen LogP contribution in [0.5, 0.6) is 0 Å². The summed E-state index contributed by atoms with van der Waals surface area (Å²) in [5.41, 5.74) is 2.18. The van der Waals surface area contributed by atoms with E-state index in [4.69, 9.17) is 23.2 Å². The second kappa shape index (κ2) is 6.04. The Balaban J connectivity index is 2.38. The lowest BCUT2D eigenvalue weighted by molar-refractivity contribution is 0.224. The van der Waals surface area contributed by atoms with E-state index in [2.05, 4.69) is 5.32 Å². The van der Waals surface area contributed by atoms with Gasteiger partial charge in [0.2, 0.25) is 0 Å². The Morgan fingerprint density at radius 1 is 1.10 bits per heavy atom. The van der Waals surface area contributed by atoms with Crippen LogP contribution in [-0.4, -0.2) is 11.7 Å². The van der Waals surface area contributed by atoms with Gasteiger partial charge in [-0.15, -0.1) is 0 Å². The van der Waals surface area contributed by atoms with Crippen molar-refractivity contribution in [2.24, 2.45) is 0 Å². The zero-order valence-corrected chi connectivity index (χ0v) is 13.0. The smallest absolute Gasteiger partial charge is 0.0843 e. The van der Waals surface area contributed by atoms with Crippen LogP contribution in [0.25, 0.3) is 0 Å². The van der Waals surface area contributed by atoms with Gasteiger partial charge in [0, 0.05) is 5.69 Å². The molecule has 0 saturated carbocycles. The molecule has 2 rings (SSSR count). The topological polar surface area (TPSA) is 32.3 Å². The molecular formula is C16H17Cl2NO. The highest BCUT2D eigenvalue weighted by molar-refractivity contribution is 6.42. The maximum Gasteiger partial charge on any atom is 0.0843 e. The fraction of sp³-hybridized carbons (Fsp3) is 0.250. The minimum atomic E-state index is -0.697. The van der Waals surface area contributed by atoms with Crippen molar-refractivity contribution in [3.8, 4) is 0 Å². The molecule has 0 amide bonds. The molecule has 0 aliphatic rings. The van der Waals surface area contributed by atoms with Crippen LogP contribution in [0.1, 0.15) is 18.1 Å². The van der Waals surface area contributed by atoms with E-state index in [1.807, 2.05) is 50.2 Å². The van der Waals surface area contributed by atoms with Gasteiger partial charge in [0.25, 0.3) is 0 Å². The van der Waals surface area contributed by atoms with Crippen molar-refractivity contribution in [2.45, 2.75) is 19.4 Å². The van der Waals surface area contributed by atoms with Crippen LogP contribution in [0.2, 0.25) is 10.0 Å². The highest BCUT2D eigenvalue weighted by atomic mass is 35.5. The van der Waals surface area contributed by atoms with E-state index < -0.39 is 5.54 Å². The summed E-state index contributed by atoms with van der Waals surface area (Å²) in [7, 11) is 0. The molecule has 2 N–H and O–H groups in total. The summed E-state index contributed by atoms with van der Waals surface area (Å²) in [6.07, 6.45) is 0. The molecule has 1 unspecified atom stereocenters. The van der Waals surface area contributed by atoms with Gasteiger partial charge in [0.1, 0.15) is 0 Å². The Kier molecular flexibility index (Phi) is 4.59. The first-order chi connectivity index (χ1) is 9.46. The predicted molar refractivity (Wildman–Crippen MR) is 85.7 cm³/mol. The Bertz CT molecular complexity index is 598. The first-order valence-electron chi connectivity index (χ1n) is 6.36. The number of aliphatic hydroxyl groups is 1. The van der Waals surface area contributed by atoms with Gasteiger partial charge in [-0.3, -0.25) is 0 Å². The molecule has 2 nitrogen and oxygen atoms in total. The molecule has 2 aromatic rings. The zero-order valence-electron chi connectivity index (χ0n) is 11.5. The molecule has 4 heteroatoms. The zero-order chi connectivity index (χ0) is 14.8. The van der Waals surface area contributed by atoms with Crippen LogP contribution >= 0.6 is 23.2 Å². The van der Waals surface area contributed by atoms with Crippen molar-refractivity contribution in [1.82, 2.24) is 0 Å². The Labute approximate surface area is 129 Å². The van der Waals surface area contributed by atoms with Gasteiger partial charge in [-0.1, -0.05) is 53.0 Å². The molecule has 0 aliphatic heterocycles. The van der Waals surface area contributed by atoms with E-state index in [0.717, 1.165) is 11.3 Å². The van der Waals surface area contributed by atoms with Crippen molar-refractivity contribution in [2.75, 3.05) is 11.9 Å². The van der Waals surface area contributed by atoms with Crippen molar-refractivity contribution in [3.05, 3.63) is 63.6 Å². The quantitative estimate of drug-likeness (QED) is 0.863. The van der Waals surface area contributed by atoms with Gasteiger partial charge in [0.15, 0.2) is 0 Å². The molecule has 2 aromatic carbocycles. The number of aliphatic hydroxyl groups excluding tert-OH is 1. The van der Waals surface area contributed by atoms with Crippen LogP contribution in [-0.2, 0) is 5.54 Å². The molecular weight excluding hydrogens is 293 g/mol. The summed E-state index contributed by atoms with van der Waals surface area (Å²) in [5, 5.41) is 14.1. The van der Waals surface area contributed by atoms with Gasteiger partial charge >= 0.3 is 0 Å². The number of anilines is 1. The van der Waals surface area contributed by atoms with E-state index >= 15 is 0 Å². The molecule has 0 aliphatic carbocycles. The number of hydrogen-bond donors (Lipinski definition) is 2. The van der Waals surface area contributed by atoms with Crippen molar-refractivity contribution >= 4 is 28.9 Å². The van der Waals surface area contributed by atoms with Crippen molar-refractivity contribution in [3.63, 3.8) is 0 Å². The summed E-state index contributed by atoms with van der Waals surface area (Å²) < 4.78 is 0. The lowest BCUT2D eigenvalue weighted by Crippen LogP contribution is -2.36. The number of benzene rings is 2. The maximum absolute atomic E-state index is 9.81. The van der Waals surface area contributed by atoms with Gasteiger partial charge < -0.3 is 10.4 Å². The lowest BCUT2D eigenvalue weighted by atomic mass is 9.92. The maximum atomic E-state index is 9.81. The molecule has 0 bridgehead atoms. The number of nitrogens with one attached hydrogen (secondary N) is 1. The minimum absolute atomic E-state index is 0.0963. The standard InChI is InChI=1S/C16H17Cl2NO/c1-11-6-8-12(9-7-11)19-16(2,10-20)13-4-3-5-14(17)15(13)18/h3-9,19-20H,10H2,1-2H3. The van der Waals surface area contributed by atoms with Gasteiger partial charge in [-0.2, -0.15) is 0 Å². The summed E-state index contributed by atoms with van der Waals surface area (Å²) >= 11 is 12.3. The molecule has 0 radical (unpaired) electrons. The molecule has 106 valence electrons. The number of rotatable bonds is 4. The van der Waals surface area contributed by atoms with Gasteiger partial charge in [-0.05, 0) is 37.6 Å². The Morgan fingerprint density at radius 2 is 1.75 bits per heavy atom.